The molecule has 0 bridgehead atoms. The Morgan fingerprint density at radius 3 is 1.94 bits per heavy atom. The maximum absolute atomic E-state index is 9.88. The molecule has 1 heteroatoms. The SMILES string of the molecule is CCCCCCCCCCCC(O)CC1CCC1. The summed E-state index contributed by atoms with van der Waals surface area (Å²) < 4.78 is 0. The molecule has 1 N–H and O–H groups in total. The minimum absolute atomic E-state index is 0.000135. The van der Waals surface area contributed by atoms with Crippen LogP contribution in [0, 0.1) is 5.92 Å². The second-order valence-corrected chi connectivity index (χ2v) is 6.30. The van der Waals surface area contributed by atoms with Crippen molar-refractivity contribution in [1.29, 1.82) is 0 Å². The van der Waals surface area contributed by atoms with E-state index >= 15 is 0 Å². The monoisotopic (exact) mass is 254 g/mol. The van der Waals surface area contributed by atoms with Crippen molar-refractivity contribution in [3.8, 4) is 0 Å². The lowest BCUT2D eigenvalue weighted by Gasteiger charge is -2.27. The van der Waals surface area contributed by atoms with Crippen LogP contribution in [0.1, 0.15) is 96.8 Å². The Balaban J connectivity index is 1.74. The van der Waals surface area contributed by atoms with Crippen molar-refractivity contribution < 1.29 is 5.11 Å². The maximum atomic E-state index is 9.88. The Kier molecular flexibility index (Phi) is 9.65. The zero-order chi connectivity index (χ0) is 13.1. The summed E-state index contributed by atoms with van der Waals surface area (Å²) in [5, 5.41) is 9.88. The highest BCUT2D eigenvalue weighted by molar-refractivity contribution is 4.73. The quantitative estimate of drug-likeness (QED) is 0.459. The number of unbranched alkanes of at least 4 members (excludes halogenated alkanes) is 8. The van der Waals surface area contributed by atoms with Gasteiger partial charge in [0.15, 0.2) is 0 Å². The van der Waals surface area contributed by atoms with Gasteiger partial charge in [-0.2, -0.15) is 0 Å². The van der Waals surface area contributed by atoms with Gasteiger partial charge in [-0.05, 0) is 18.8 Å². The van der Waals surface area contributed by atoms with E-state index in [0.717, 1.165) is 18.8 Å². The molecule has 0 aliphatic heterocycles. The van der Waals surface area contributed by atoms with Gasteiger partial charge in [0.2, 0.25) is 0 Å². The molecule has 0 heterocycles. The Bertz CT molecular complexity index is 174. The fourth-order valence-corrected chi connectivity index (χ4v) is 2.92. The molecule has 0 aromatic carbocycles. The lowest BCUT2D eigenvalue weighted by molar-refractivity contribution is 0.107. The highest BCUT2D eigenvalue weighted by Crippen LogP contribution is 2.31. The second-order valence-electron chi connectivity index (χ2n) is 6.30. The molecule has 1 atom stereocenters. The molecule has 0 amide bonds. The number of aliphatic hydroxyl groups excluding tert-OH is 1. The van der Waals surface area contributed by atoms with Crippen LogP contribution >= 0.6 is 0 Å². The van der Waals surface area contributed by atoms with E-state index in [9.17, 15) is 5.11 Å². The molecular formula is C17H34O. The highest BCUT2D eigenvalue weighted by atomic mass is 16.3. The average Bonchev–Trinajstić information content (AvgIpc) is 2.32. The molecule has 1 fully saturated rings. The third-order valence-corrected chi connectivity index (χ3v) is 4.47. The van der Waals surface area contributed by atoms with Crippen LogP contribution in [0.2, 0.25) is 0 Å². The van der Waals surface area contributed by atoms with Crippen molar-refractivity contribution in [3.05, 3.63) is 0 Å². The first kappa shape index (κ1) is 16.0. The molecule has 18 heavy (non-hydrogen) atoms. The summed E-state index contributed by atoms with van der Waals surface area (Å²) in [6.07, 6.45) is 18.6. The molecule has 0 aromatic rings. The fraction of sp³-hybridized carbons (Fsp3) is 1.00. The second kappa shape index (κ2) is 10.8. The van der Waals surface area contributed by atoms with Gasteiger partial charge in [-0.3, -0.25) is 0 Å². The standard InChI is InChI=1S/C17H34O/c1-2-3-4-5-6-7-8-9-10-14-17(18)15-16-12-11-13-16/h16-18H,2-15H2,1H3. The Labute approximate surface area is 114 Å². The molecule has 0 aromatic heterocycles. The van der Waals surface area contributed by atoms with Crippen LogP contribution in [0.4, 0.5) is 0 Å². The van der Waals surface area contributed by atoms with Gasteiger partial charge in [0.1, 0.15) is 0 Å². The molecule has 1 rings (SSSR count). The van der Waals surface area contributed by atoms with Gasteiger partial charge in [0.05, 0.1) is 6.10 Å². The minimum Gasteiger partial charge on any atom is -0.393 e. The first-order valence-corrected chi connectivity index (χ1v) is 8.51. The van der Waals surface area contributed by atoms with Crippen molar-refractivity contribution >= 4 is 0 Å². The zero-order valence-electron chi connectivity index (χ0n) is 12.5. The van der Waals surface area contributed by atoms with E-state index in [-0.39, 0.29) is 6.10 Å². The van der Waals surface area contributed by atoms with Crippen LogP contribution in [0.5, 0.6) is 0 Å². The van der Waals surface area contributed by atoms with E-state index in [1.165, 1.54) is 77.0 Å². The molecule has 0 spiro atoms. The highest BCUT2D eigenvalue weighted by Gasteiger charge is 2.20. The molecule has 1 aliphatic carbocycles. The van der Waals surface area contributed by atoms with E-state index in [1.807, 2.05) is 0 Å². The molecule has 108 valence electrons. The maximum Gasteiger partial charge on any atom is 0.0542 e. The lowest BCUT2D eigenvalue weighted by atomic mass is 9.81. The zero-order valence-corrected chi connectivity index (χ0v) is 12.5. The molecular weight excluding hydrogens is 220 g/mol. The van der Waals surface area contributed by atoms with Gasteiger partial charge in [-0.25, -0.2) is 0 Å². The average molecular weight is 254 g/mol. The van der Waals surface area contributed by atoms with Crippen LogP contribution in [0.15, 0.2) is 0 Å². The van der Waals surface area contributed by atoms with Gasteiger partial charge < -0.3 is 5.11 Å². The van der Waals surface area contributed by atoms with Gasteiger partial charge in [0.25, 0.3) is 0 Å². The molecule has 0 radical (unpaired) electrons. The third-order valence-electron chi connectivity index (χ3n) is 4.47. The summed E-state index contributed by atoms with van der Waals surface area (Å²) in [6, 6.07) is 0. The van der Waals surface area contributed by atoms with E-state index in [4.69, 9.17) is 0 Å². The normalized spacial score (nSPS) is 17.7. The summed E-state index contributed by atoms with van der Waals surface area (Å²) in [4.78, 5) is 0. The largest absolute Gasteiger partial charge is 0.393 e. The summed E-state index contributed by atoms with van der Waals surface area (Å²) in [5.41, 5.74) is 0. The molecule has 0 saturated heterocycles. The molecule has 1 unspecified atom stereocenters. The molecule has 1 saturated carbocycles. The van der Waals surface area contributed by atoms with Crippen molar-refractivity contribution in [2.75, 3.05) is 0 Å². The van der Waals surface area contributed by atoms with Crippen molar-refractivity contribution in [3.63, 3.8) is 0 Å². The number of rotatable bonds is 12. The molecule has 1 aliphatic rings. The van der Waals surface area contributed by atoms with Crippen molar-refractivity contribution in [2.24, 2.45) is 5.92 Å². The predicted octanol–water partition coefficient (Wildman–Crippen LogP) is 5.46. The first-order valence-electron chi connectivity index (χ1n) is 8.51. The van der Waals surface area contributed by atoms with Crippen LogP contribution in [-0.4, -0.2) is 11.2 Å². The fourth-order valence-electron chi connectivity index (χ4n) is 2.92. The van der Waals surface area contributed by atoms with E-state index in [1.54, 1.807) is 0 Å². The minimum atomic E-state index is -0.000135. The predicted molar refractivity (Wildman–Crippen MR) is 79.8 cm³/mol. The number of hydrogen-bond donors (Lipinski definition) is 1. The molecule has 1 nitrogen and oxygen atoms in total. The Morgan fingerprint density at radius 2 is 1.44 bits per heavy atom. The van der Waals surface area contributed by atoms with Gasteiger partial charge in [0, 0.05) is 0 Å². The van der Waals surface area contributed by atoms with Crippen molar-refractivity contribution in [1.82, 2.24) is 0 Å². The topological polar surface area (TPSA) is 20.2 Å². The Morgan fingerprint density at radius 1 is 0.889 bits per heavy atom. The van der Waals surface area contributed by atoms with Gasteiger partial charge >= 0.3 is 0 Å². The summed E-state index contributed by atoms with van der Waals surface area (Å²) in [6.45, 7) is 2.27. The van der Waals surface area contributed by atoms with Crippen LogP contribution in [-0.2, 0) is 0 Å². The van der Waals surface area contributed by atoms with Gasteiger partial charge in [-0.1, -0.05) is 84.0 Å². The van der Waals surface area contributed by atoms with Crippen LogP contribution in [0.25, 0.3) is 0 Å². The van der Waals surface area contributed by atoms with E-state index < -0.39 is 0 Å². The smallest absolute Gasteiger partial charge is 0.0542 e. The summed E-state index contributed by atoms with van der Waals surface area (Å²) in [5.74, 6) is 0.860. The van der Waals surface area contributed by atoms with Crippen LogP contribution < -0.4 is 0 Å². The van der Waals surface area contributed by atoms with Crippen LogP contribution in [0.3, 0.4) is 0 Å². The number of aliphatic hydroxyl groups is 1. The summed E-state index contributed by atoms with van der Waals surface area (Å²) >= 11 is 0. The van der Waals surface area contributed by atoms with Crippen molar-refractivity contribution in [2.45, 2.75) is 103 Å². The van der Waals surface area contributed by atoms with E-state index in [2.05, 4.69) is 6.92 Å². The first-order chi connectivity index (χ1) is 8.83. The summed E-state index contributed by atoms with van der Waals surface area (Å²) in [7, 11) is 0. The lowest BCUT2D eigenvalue weighted by Crippen LogP contribution is -2.19. The Hall–Kier alpha value is -0.0400. The third kappa shape index (κ3) is 8.13. The van der Waals surface area contributed by atoms with Gasteiger partial charge in [-0.15, -0.1) is 0 Å². The number of hydrogen-bond acceptors (Lipinski definition) is 1. The van der Waals surface area contributed by atoms with E-state index in [0.29, 0.717) is 0 Å².